The fourth-order valence-electron chi connectivity index (χ4n) is 3.62. The summed E-state index contributed by atoms with van der Waals surface area (Å²) in [6.07, 6.45) is 3.79. The number of fused-ring (bicyclic) bond motifs is 1. The number of benzene rings is 1. The first-order valence-electron chi connectivity index (χ1n) is 7.53. The minimum atomic E-state index is -0.0564. The second kappa shape index (κ2) is 4.77. The molecule has 1 fully saturated rings. The molecule has 0 aliphatic heterocycles. The topological polar surface area (TPSA) is 17.8 Å². The molecule has 2 atom stereocenters. The van der Waals surface area contributed by atoms with E-state index in [1.54, 1.807) is 0 Å². The van der Waals surface area contributed by atoms with E-state index >= 15 is 0 Å². The van der Waals surface area contributed by atoms with Crippen LogP contribution in [-0.4, -0.2) is 9.55 Å². The third-order valence-corrected chi connectivity index (χ3v) is 4.94. The third-order valence-electron chi connectivity index (χ3n) is 4.74. The summed E-state index contributed by atoms with van der Waals surface area (Å²) >= 11 is 6.41. The lowest BCUT2D eigenvalue weighted by atomic mass is 9.87. The van der Waals surface area contributed by atoms with Gasteiger partial charge in [0.05, 0.1) is 16.4 Å². The number of alkyl halides is 1. The van der Waals surface area contributed by atoms with Crippen molar-refractivity contribution in [3.05, 3.63) is 29.6 Å². The monoisotopic (exact) mass is 290 g/mol. The van der Waals surface area contributed by atoms with Crippen LogP contribution in [0.25, 0.3) is 11.0 Å². The molecular weight excluding hydrogens is 268 g/mol. The van der Waals surface area contributed by atoms with Crippen LogP contribution in [0.5, 0.6) is 0 Å². The van der Waals surface area contributed by atoms with Crippen LogP contribution in [-0.2, 0) is 0 Å². The highest BCUT2D eigenvalue weighted by Gasteiger charge is 2.38. The first kappa shape index (κ1) is 13.9. The van der Waals surface area contributed by atoms with E-state index in [0.29, 0.717) is 11.5 Å². The molecule has 3 rings (SSSR count). The molecule has 0 N–H and O–H groups in total. The second-order valence-electron chi connectivity index (χ2n) is 6.84. The van der Waals surface area contributed by atoms with Gasteiger partial charge in [-0.1, -0.05) is 26.3 Å². The molecular formula is C17H23ClN2. The van der Waals surface area contributed by atoms with Crippen LogP contribution < -0.4 is 0 Å². The summed E-state index contributed by atoms with van der Waals surface area (Å²) in [4.78, 5) is 4.81. The van der Waals surface area contributed by atoms with Crippen LogP contribution in [0, 0.1) is 12.3 Å². The van der Waals surface area contributed by atoms with Gasteiger partial charge in [-0.25, -0.2) is 4.98 Å². The fraction of sp³-hybridized carbons (Fsp3) is 0.588. The Morgan fingerprint density at radius 1 is 1.40 bits per heavy atom. The molecule has 0 radical (unpaired) electrons. The standard InChI is InChI=1S/C17H23ClN2/c1-11-7-8-14-13(10-11)19-16(12(2)18)20(14)15-6-5-9-17(15,3)4/h7-8,10,12,15H,5-6,9H2,1-4H3. The van der Waals surface area contributed by atoms with Crippen LogP contribution in [0.4, 0.5) is 0 Å². The lowest BCUT2D eigenvalue weighted by molar-refractivity contribution is 0.261. The van der Waals surface area contributed by atoms with Crippen LogP contribution in [0.3, 0.4) is 0 Å². The molecule has 1 aliphatic rings. The van der Waals surface area contributed by atoms with Crippen molar-refractivity contribution < 1.29 is 0 Å². The van der Waals surface area contributed by atoms with Crippen LogP contribution >= 0.6 is 11.6 Å². The highest BCUT2D eigenvalue weighted by molar-refractivity contribution is 6.20. The average molecular weight is 291 g/mol. The summed E-state index contributed by atoms with van der Waals surface area (Å²) in [5.74, 6) is 1.02. The number of hydrogen-bond acceptors (Lipinski definition) is 1. The Labute approximate surface area is 126 Å². The minimum Gasteiger partial charge on any atom is -0.323 e. The molecule has 0 saturated heterocycles. The van der Waals surface area contributed by atoms with Gasteiger partial charge in [0.1, 0.15) is 5.82 Å². The van der Waals surface area contributed by atoms with E-state index in [1.165, 1.54) is 30.3 Å². The molecule has 2 unspecified atom stereocenters. The molecule has 0 spiro atoms. The van der Waals surface area contributed by atoms with Crippen molar-refractivity contribution in [3.8, 4) is 0 Å². The van der Waals surface area contributed by atoms with Crippen molar-refractivity contribution in [2.24, 2.45) is 5.41 Å². The maximum atomic E-state index is 6.41. The van der Waals surface area contributed by atoms with E-state index in [4.69, 9.17) is 16.6 Å². The highest BCUT2D eigenvalue weighted by Crippen LogP contribution is 2.48. The molecule has 0 bridgehead atoms. The Bertz CT molecular complexity index is 640. The average Bonchev–Trinajstić information content (AvgIpc) is 2.88. The van der Waals surface area contributed by atoms with Gasteiger partial charge in [0, 0.05) is 6.04 Å². The zero-order chi connectivity index (χ0) is 14.5. The van der Waals surface area contributed by atoms with Crippen molar-refractivity contribution in [2.75, 3.05) is 0 Å². The summed E-state index contributed by atoms with van der Waals surface area (Å²) in [5.41, 5.74) is 3.88. The van der Waals surface area contributed by atoms with E-state index in [-0.39, 0.29) is 5.38 Å². The van der Waals surface area contributed by atoms with Crippen LogP contribution in [0.2, 0.25) is 0 Å². The van der Waals surface area contributed by atoms with Crippen LogP contribution in [0.15, 0.2) is 18.2 Å². The first-order valence-corrected chi connectivity index (χ1v) is 7.96. The van der Waals surface area contributed by atoms with Crippen molar-refractivity contribution in [1.82, 2.24) is 9.55 Å². The molecule has 1 aromatic heterocycles. The predicted octanol–water partition coefficient (Wildman–Crippen LogP) is 5.40. The summed E-state index contributed by atoms with van der Waals surface area (Å²) in [6, 6.07) is 7.04. The van der Waals surface area contributed by atoms with E-state index < -0.39 is 0 Å². The molecule has 0 amide bonds. The Morgan fingerprint density at radius 3 is 2.75 bits per heavy atom. The van der Waals surface area contributed by atoms with Gasteiger partial charge in [-0.2, -0.15) is 0 Å². The third kappa shape index (κ3) is 2.14. The Balaban J connectivity index is 2.24. The van der Waals surface area contributed by atoms with E-state index in [0.717, 1.165) is 11.3 Å². The first-order chi connectivity index (χ1) is 9.40. The summed E-state index contributed by atoms with van der Waals surface area (Å²) in [6.45, 7) is 8.87. The molecule has 1 aromatic carbocycles. The van der Waals surface area contributed by atoms with Gasteiger partial charge in [-0.05, 0) is 49.8 Å². The lowest BCUT2D eigenvalue weighted by Gasteiger charge is -2.30. The Morgan fingerprint density at radius 2 is 2.15 bits per heavy atom. The van der Waals surface area contributed by atoms with Crippen molar-refractivity contribution in [1.29, 1.82) is 0 Å². The lowest BCUT2D eigenvalue weighted by Crippen LogP contribution is -2.23. The van der Waals surface area contributed by atoms with E-state index in [9.17, 15) is 0 Å². The number of halogens is 1. The molecule has 20 heavy (non-hydrogen) atoms. The molecule has 1 aliphatic carbocycles. The molecule has 2 aromatic rings. The van der Waals surface area contributed by atoms with Gasteiger partial charge in [0.25, 0.3) is 0 Å². The minimum absolute atomic E-state index is 0.0564. The number of aromatic nitrogens is 2. The zero-order valence-electron chi connectivity index (χ0n) is 12.8. The number of rotatable bonds is 2. The normalized spacial score (nSPS) is 23.4. The number of imidazole rings is 1. The summed E-state index contributed by atoms with van der Waals surface area (Å²) in [7, 11) is 0. The van der Waals surface area contributed by atoms with Crippen molar-refractivity contribution in [3.63, 3.8) is 0 Å². The maximum Gasteiger partial charge on any atom is 0.127 e. The maximum absolute atomic E-state index is 6.41. The van der Waals surface area contributed by atoms with Crippen LogP contribution in [0.1, 0.15) is 62.8 Å². The predicted molar refractivity (Wildman–Crippen MR) is 85.4 cm³/mol. The number of hydrogen-bond donors (Lipinski definition) is 0. The highest BCUT2D eigenvalue weighted by atomic mass is 35.5. The smallest absolute Gasteiger partial charge is 0.127 e. The Hall–Kier alpha value is -1.02. The molecule has 1 saturated carbocycles. The number of aryl methyl sites for hydroxylation is 1. The molecule has 1 heterocycles. The van der Waals surface area contributed by atoms with E-state index in [2.05, 4.69) is 43.5 Å². The van der Waals surface area contributed by atoms with Crippen molar-refractivity contribution in [2.45, 2.75) is 58.4 Å². The SMILES string of the molecule is Cc1ccc2c(c1)nc(C(C)Cl)n2C1CCCC1(C)C. The molecule has 108 valence electrons. The van der Waals surface area contributed by atoms with Gasteiger partial charge in [0.2, 0.25) is 0 Å². The zero-order valence-corrected chi connectivity index (χ0v) is 13.5. The van der Waals surface area contributed by atoms with E-state index in [1.807, 2.05) is 6.92 Å². The van der Waals surface area contributed by atoms with Gasteiger partial charge >= 0.3 is 0 Å². The van der Waals surface area contributed by atoms with Gasteiger partial charge in [0.15, 0.2) is 0 Å². The second-order valence-corrected chi connectivity index (χ2v) is 7.50. The fourth-order valence-corrected chi connectivity index (χ4v) is 3.78. The van der Waals surface area contributed by atoms with Crippen molar-refractivity contribution >= 4 is 22.6 Å². The largest absolute Gasteiger partial charge is 0.323 e. The Kier molecular flexibility index (Phi) is 3.32. The number of nitrogens with zero attached hydrogens (tertiary/aromatic N) is 2. The quantitative estimate of drug-likeness (QED) is 0.678. The van der Waals surface area contributed by atoms with Gasteiger partial charge in [-0.15, -0.1) is 11.6 Å². The summed E-state index contributed by atoms with van der Waals surface area (Å²) in [5, 5.41) is -0.0564. The van der Waals surface area contributed by atoms with Gasteiger partial charge < -0.3 is 4.57 Å². The molecule has 2 nitrogen and oxygen atoms in total. The molecule has 3 heteroatoms. The van der Waals surface area contributed by atoms with Gasteiger partial charge in [-0.3, -0.25) is 0 Å². The summed E-state index contributed by atoms with van der Waals surface area (Å²) < 4.78 is 2.42.